The molecule has 0 aromatic heterocycles. The van der Waals surface area contributed by atoms with E-state index >= 15 is 0 Å². The van der Waals surface area contributed by atoms with Gasteiger partial charge in [0.25, 0.3) is 0 Å². The molecule has 9 heteroatoms. The molecule has 0 radical (unpaired) electrons. The Kier molecular flexibility index (Phi) is 8.19. The summed E-state index contributed by atoms with van der Waals surface area (Å²) in [4.78, 5) is 44.1. The first-order valence-corrected chi connectivity index (χ1v) is 12.0. The first-order chi connectivity index (χ1) is 16.2. The summed E-state index contributed by atoms with van der Waals surface area (Å²) in [5.74, 6) is -0.427. The van der Waals surface area contributed by atoms with Gasteiger partial charge >= 0.3 is 18.0 Å². The van der Waals surface area contributed by atoms with E-state index in [9.17, 15) is 14.4 Å². The van der Waals surface area contributed by atoms with Gasteiger partial charge in [-0.05, 0) is 45.7 Å². The molecule has 1 saturated heterocycles. The number of carbonyl (C=O) groups is 3. The van der Waals surface area contributed by atoms with Crippen molar-refractivity contribution in [2.24, 2.45) is 0 Å². The molecule has 0 aliphatic carbocycles. The van der Waals surface area contributed by atoms with E-state index < -0.39 is 12.0 Å². The Hall–Kier alpha value is -3.07. The van der Waals surface area contributed by atoms with Gasteiger partial charge in [0.1, 0.15) is 0 Å². The molecule has 0 spiro atoms. The van der Waals surface area contributed by atoms with Crippen LogP contribution >= 0.6 is 0 Å². The average Bonchev–Trinajstić information content (AvgIpc) is 2.78. The number of aryl methyl sites for hydroxylation is 2. The minimum absolute atomic E-state index is 0.00415. The highest BCUT2D eigenvalue weighted by molar-refractivity contribution is 5.95. The predicted octanol–water partition coefficient (Wildman–Crippen LogP) is 2.55. The van der Waals surface area contributed by atoms with Gasteiger partial charge in [-0.3, -0.25) is 9.80 Å². The number of hydrogen-bond acceptors (Lipinski definition) is 5. The molecule has 3 rings (SSSR count). The molecule has 0 saturated carbocycles. The van der Waals surface area contributed by atoms with Crippen LogP contribution < -0.4 is 10.6 Å². The van der Waals surface area contributed by atoms with E-state index in [4.69, 9.17) is 4.74 Å². The van der Waals surface area contributed by atoms with E-state index in [1.165, 1.54) is 4.90 Å². The van der Waals surface area contributed by atoms with Crippen LogP contribution in [0.1, 0.15) is 43.5 Å². The van der Waals surface area contributed by atoms with Crippen molar-refractivity contribution < 1.29 is 19.1 Å². The third-order valence-electron chi connectivity index (χ3n) is 6.49. The highest BCUT2D eigenvalue weighted by Crippen LogP contribution is 2.33. The predicted molar refractivity (Wildman–Crippen MR) is 130 cm³/mol. The maximum atomic E-state index is 13.2. The molecule has 1 aromatic rings. The van der Waals surface area contributed by atoms with Gasteiger partial charge in [0, 0.05) is 51.5 Å². The highest BCUT2D eigenvalue weighted by atomic mass is 16.5. The Morgan fingerprint density at radius 1 is 1.21 bits per heavy atom. The van der Waals surface area contributed by atoms with Crippen LogP contribution in [-0.4, -0.2) is 85.2 Å². The van der Waals surface area contributed by atoms with Crippen LogP contribution in [0.25, 0.3) is 0 Å². The second kappa shape index (κ2) is 10.9. The van der Waals surface area contributed by atoms with Gasteiger partial charge in [0.05, 0.1) is 18.2 Å². The molecule has 2 atom stereocenters. The van der Waals surface area contributed by atoms with Gasteiger partial charge in [0.2, 0.25) is 0 Å². The number of likely N-dealkylation sites (N-methyl/N-ethyl adjacent to an activating group) is 1. The normalized spacial score (nSPS) is 21.4. The summed E-state index contributed by atoms with van der Waals surface area (Å²) in [5, 5.41) is 5.86. The van der Waals surface area contributed by atoms with Crippen LogP contribution in [0, 0.1) is 13.8 Å². The van der Waals surface area contributed by atoms with Gasteiger partial charge in [-0.15, -0.1) is 0 Å². The summed E-state index contributed by atoms with van der Waals surface area (Å²) in [7, 11) is 1.68. The van der Waals surface area contributed by atoms with Crippen LogP contribution in [0.15, 0.2) is 29.5 Å². The minimum atomic E-state index is -0.591. The molecular weight excluding hydrogens is 434 g/mol. The monoisotopic (exact) mass is 471 g/mol. The first-order valence-electron chi connectivity index (χ1n) is 12.0. The number of hydrogen-bond donors (Lipinski definition) is 2. The quantitative estimate of drug-likeness (QED) is 0.622. The van der Waals surface area contributed by atoms with Crippen molar-refractivity contribution >= 4 is 18.0 Å². The number of amides is 4. The first kappa shape index (κ1) is 25.6. The van der Waals surface area contributed by atoms with Crippen molar-refractivity contribution in [1.82, 2.24) is 25.3 Å². The van der Waals surface area contributed by atoms with Crippen LogP contribution in [0.5, 0.6) is 0 Å². The van der Waals surface area contributed by atoms with Crippen LogP contribution in [0.2, 0.25) is 0 Å². The molecule has 4 amide bonds. The number of benzene rings is 1. The molecule has 34 heavy (non-hydrogen) atoms. The largest absolute Gasteiger partial charge is 0.463 e. The number of nitrogens with zero attached hydrogens (tertiary/aromatic N) is 3. The van der Waals surface area contributed by atoms with Crippen molar-refractivity contribution in [2.45, 2.75) is 46.7 Å². The third-order valence-corrected chi connectivity index (χ3v) is 6.49. The fourth-order valence-electron chi connectivity index (χ4n) is 4.65. The van der Waals surface area contributed by atoms with E-state index in [0.717, 1.165) is 16.7 Å². The summed E-state index contributed by atoms with van der Waals surface area (Å²) in [6.07, 6.45) is 0. The number of piperazine rings is 1. The average molecular weight is 472 g/mol. The smallest absolute Gasteiger partial charge is 0.338 e. The highest BCUT2D eigenvalue weighted by Gasteiger charge is 2.39. The Balaban J connectivity index is 1.97. The third kappa shape index (κ3) is 5.35. The van der Waals surface area contributed by atoms with Crippen LogP contribution in [0.4, 0.5) is 9.59 Å². The number of esters is 1. The Morgan fingerprint density at radius 3 is 2.59 bits per heavy atom. The molecule has 9 nitrogen and oxygen atoms in total. The van der Waals surface area contributed by atoms with Crippen LogP contribution in [-0.2, 0) is 9.53 Å². The lowest BCUT2D eigenvalue weighted by molar-refractivity contribution is -0.139. The van der Waals surface area contributed by atoms with E-state index in [1.54, 1.807) is 14.0 Å². The summed E-state index contributed by atoms with van der Waals surface area (Å²) < 4.78 is 5.45. The molecule has 0 bridgehead atoms. The summed E-state index contributed by atoms with van der Waals surface area (Å²) in [6, 6.07) is 5.11. The zero-order valence-electron chi connectivity index (χ0n) is 21.1. The summed E-state index contributed by atoms with van der Waals surface area (Å²) in [6.45, 7) is 12.8. The van der Waals surface area contributed by atoms with E-state index in [0.29, 0.717) is 44.0 Å². The molecule has 2 heterocycles. The van der Waals surface area contributed by atoms with Crippen LogP contribution in [0.3, 0.4) is 0 Å². The number of urea groups is 2. The number of carbonyl (C=O) groups excluding carboxylic acids is 3. The second-order valence-corrected chi connectivity index (χ2v) is 9.00. The Labute approximate surface area is 202 Å². The van der Waals surface area contributed by atoms with Crippen molar-refractivity contribution in [3.05, 3.63) is 46.2 Å². The lowest BCUT2D eigenvalue weighted by Gasteiger charge is -2.42. The van der Waals surface area contributed by atoms with Crippen molar-refractivity contribution in [3.8, 4) is 0 Å². The van der Waals surface area contributed by atoms with Gasteiger partial charge in [-0.25, -0.2) is 14.4 Å². The Morgan fingerprint density at radius 2 is 1.94 bits per heavy atom. The molecule has 1 aromatic carbocycles. The van der Waals surface area contributed by atoms with E-state index in [1.807, 2.05) is 50.8 Å². The molecule has 2 unspecified atom stereocenters. The maximum absolute atomic E-state index is 13.2. The van der Waals surface area contributed by atoms with Gasteiger partial charge < -0.3 is 20.3 Å². The Bertz CT molecular complexity index is 976. The molecule has 2 N–H and O–H groups in total. The number of rotatable bonds is 6. The zero-order valence-corrected chi connectivity index (χ0v) is 21.1. The lowest BCUT2D eigenvalue weighted by Crippen LogP contribution is -2.57. The zero-order chi connectivity index (χ0) is 25.0. The number of nitrogens with one attached hydrogen (secondary N) is 2. The summed E-state index contributed by atoms with van der Waals surface area (Å²) >= 11 is 0. The fraction of sp³-hybridized carbons (Fsp3) is 0.560. The molecule has 2 aliphatic rings. The van der Waals surface area contributed by atoms with E-state index in [-0.39, 0.29) is 24.7 Å². The molecule has 2 aliphatic heterocycles. The minimum Gasteiger partial charge on any atom is -0.463 e. The lowest BCUT2D eigenvalue weighted by atomic mass is 9.90. The molecular formula is C25H37N5O4. The van der Waals surface area contributed by atoms with Crippen molar-refractivity contribution in [2.75, 3.05) is 46.4 Å². The second-order valence-electron chi connectivity index (χ2n) is 9.00. The topological polar surface area (TPSA) is 94.2 Å². The fourth-order valence-corrected chi connectivity index (χ4v) is 4.65. The molecule has 1 fully saturated rings. The van der Waals surface area contributed by atoms with Crippen molar-refractivity contribution in [1.29, 1.82) is 0 Å². The SMILES string of the molecule is CCNC(=O)N1CCN(CC2=C(C(=O)OCC)C(c3cc(C)ccc3C)NC(=O)N2C)CC1C. The van der Waals surface area contributed by atoms with Gasteiger partial charge in [-0.2, -0.15) is 0 Å². The molecule has 186 valence electrons. The maximum Gasteiger partial charge on any atom is 0.338 e. The number of ether oxygens (including phenoxy) is 1. The van der Waals surface area contributed by atoms with Crippen molar-refractivity contribution in [3.63, 3.8) is 0 Å². The van der Waals surface area contributed by atoms with E-state index in [2.05, 4.69) is 15.5 Å². The van der Waals surface area contributed by atoms with Gasteiger partial charge in [-0.1, -0.05) is 23.8 Å². The standard InChI is InChI=1S/C25H37N5O4/c1-7-26-24(32)30-12-11-29(14-18(30)5)15-20-21(23(31)34-8-2)22(27-25(33)28(20)6)19-13-16(3)9-10-17(19)4/h9-10,13,18,22H,7-8,11-12,14-15H2,1-6H3,(H,26,32)(H,27,33). The summed E-state index contributed by atoms with van der Waals surface area (Å²) in [5.41, 5.74) is 4.01. The van der Waals surface area contributed by atoms with Gasteiger partial charge in [0.15, 0.2) is 0 Å².